The molecule has 124 valence electrons. The molecule has 4 rings (SSSR count). The van der Waals surface area contributed by atoms with Crippen molar-refractivity contribution in [1.82, 2.24) is 4.90 Å². The van der Waals surface area contributed by atoms with Crippen LogP contribution in [0.4, 0.5) is 5.69 Å². The Labute approximate surface area is 142 Å². The topological polar surface area (TPSA) is 32.8 Å². The zero-order chi connectivity index (χ0) is 16.4. The van der Waals surface area contributed by atoms with Crippen molar-refractivity contribution in [2.24, 2.45) is 0 Å². The van der Waals surface area contributed by atoms with E-state index in [-0.39, 0.29) is 5.91 Å². The second-order valence-electron chi connectivity index (χ2n) is 6.44. The lowest BCUT2D eigenvalue weighted by atomic mass is 10.1. The van der Waals surface area contributed by atoms with E-state index in [2.05, 4.69) is 4.90 Å². The molecule has 0 aliphatic carbocycles. The summed E-state index contributed by atoms with van der Waals surface area (Å²) in [4.78, 5) is 16.7. The Morgan fingerprint density at radius 1 is 0.958 bits per heavy atom. The van der Waals surface area contributed by atoms with Crippen molar-refractivity contribution in [3.05, 3.63) is 59.7 Å². The van der Waals surface area contributed by atoms with Gasteiger partial charge in [0.05, 0.1) is 6.54 Å². The van der Waals surface area contributed by atoms with E-state index in [9.17, 15) is 4.79 Å². The number of hydrogen-bond donors (Lipinski definition) is 0. The van der Waals surface area contributed by atoms with Gasteiger partial charge in [-0.1, -0.05) is 18.2 Å². The second kappa shape index (κ2) is 6.65. The molecule has 24 heavy (non-hydrogen) atoms. The van der Waals surface area contributed by atoms with Gasteiger partial charge in [0.15, 0.2) is 0 Å². The van der Waals surface area contributed by atoms with Crippen molar-refractivity contribution < 1.29 is 9.53 Å². The molecule has 0 bridgehead atoms. The molecule has 0 unspecified atom stereocenters. The molecule has 0 radical (unpaired) electrons. The third kappa shape index (κ3) is 3.02. The average Bonchev–Trinajstić information content (AvgIpc) is 3.24. The minimum atomic E-state index is 0.0771. The van der Waals surface area contributed by atoms with Crippen LogP contribution in [0.1, 0.15) is 28.8 Å². The Morgan fingerprint density at radius 3 is 2.46 bits per heavy atom. The molecule has 0 aromatic heterocycles. The van der Waals surface area contributed by atoms with Crippen molar-refractivity contribution in [2.75, 3.05) is 31.1 Å². The van der Waals surface area contributed by atoms with Gasteiger partial charge >= 0.3 is 0 Å². The van der Waals surface area contributed by atoms with Gasteiger partial charge in [0, 0.05) is 17.8 Å². The quantitative estimate of drug-likeness (QED) is 0.846. The molecule has 2 aromatic rings. The summed E-state index contributed by atoms with van der Waals surface area (Å²) in [6.45, 7) is 4.74. The van der Waals surface area contributed by atoms with Gasteiger partial charge < -0.3 is 9.64 Å². The van der Waals surface area contributed by atoms with Crippen LogP contribution in [-0.4, -0.2) is 37.0 Å². The predicted octanol–water partition coefficient (Wildman–Crippen LogP) is 3.32. The summed E-state index contributed by atoms with van der Waals surface area (Å²) in [5.41, 5.74) is 2.82. The Morgan fingerprint density at radius 2 is 1.71 bits per heavy atom. The van der Waals surface area contributed by atoms with E-state index in [0.717, 1.165) is 29.1 Å². The van der Waals surface area contributed by atoms with Crippen LogP contribution in [-0.2, 0) is 6.54 Å². The van der Waals surface area contributed by atoms with Gasteiger partial charge in [0.1, 0.15) is 12.4 Å². The van der Waals surface area contributed by atoms with Gasteiger partial charge in [-0.2, -0.15) is 0 Å². The smallest absolute Gasteiger partial charge is 0.258 e. The summed E-state index contributed by atoms with van der Waals surface area (Å²) in [6.07, 6.45) is 2.61. The number of ether oxygens (including phenoxy) is 1. The number of nitrogens with zero attached hydrogens (tertiary/aromatic N) is 2. The van der Waals surface area contributed by atoms with E-state index < -0.39 is 0 Å². The molecule has 0 spiro atoms. The van der Waals surface area contributed by atoms with Crippen LogP contribution >= 0.6 is 0 Å². The zero-order valence-electron chi connectivity index (χ0n) is 13.8. The standard InChI is InChI=1S/C20H22N2O2/c23-20-19-6-2-1-5-16(19)15-22(20)17-7-9-18(10-8-17)24-14-13-21-11-3-4-12-21/h1-2,5-10H,3-4,11-15H2. The normalized spacial score (nSPS) is 17.3. The number of anilines is 1. The fraction of sp³-hybridized carbons (Fsp3) is 0.350. The van der Waals surface area contributed by atoms with Gasteiger partial charge in [0.25, 0.3) is 5.91 Å². The number of benzene rings is 2. The van der Waals surface area contributed by atoms with Crippen molar-refractivity contribution >= 4 is 11.6 Å². The summed E-state index contributed by atoms with van der Waals surface area (Å²) >= 11 is 0. The number of fused-ring (bicyclic) bond motifs is 1. The molecule has 2 aromatic carbocycles. The molecular formula is C20H22N2O2. The maximum atomic E-state index is 12.5. The van der Waals surface area contributed by atoms with Gasteiger partial charge in [0.2, 0.25) is 0 Å². The maximum Gasteiger partial charge on any atom is 0.258 e. The number of carbonyl (C=O) groups is 1. The summed E-state index contributed by atoms with van der Waals surface area (Å²) < 4.78 is 5.83. The van der Waals surface area contributed by atoms with E-state index in [1.807, 2.05) is 53.4 Å². The van der Waals surface area contributed by atoms with E-state index in [1.54, 1.807) is 0 Å². The predicted molar refractivity (Wildman–Crippen MR) is 94.6 cm³/mol. The minimum Gasteiger partial charge on any atom is -0.492 e. The number of carbonyl (C=O) groups excluding carboxylic acids is 1. The lowest BCUT2D eigenvalue weighted by Gasteiger charge is -2.17. The molecule has 0 N–H and O–H groups in total. The van der Waals surface area contributed by atoms with Crippen LogP contribution in [0, 0.1) is 0 Å². The fourth-order valence-electron chi connectivity index (χ4n) is 3.48. The molecule has 0 saturated carbocycles. The Hall–Kier alpha value is -2.33. The summed E-state index contributed by atoms with van der Waals surface area (Å²) in [5, 5.41) is 0. The first-order valence-corrected chi connectivity index (χ1v) is 8.66. The monoisotopic (exact) mass is 322 g/mol. The Balaban J connectivity index is 1.37. The van der Waals surface area contributed by atoms with E-state index in [0.29, 0.717) is 13.2 Å². The van der Waals surface area contributed by atoms with Crippen LogP contribution in [0.25, 0.3) is 0 Å². The molecule has 2 heterocycles. The van der Waals surface area contributed by atoms with Gasteiger partial charge in [-0.25, -0.2) is 0 Å². The highest BCUT2D eigenvalue weighted by Gasteiger charge is 2.27. The van der Waals surface area contributed by atoms with Gasteiger partial charge in [-0.05, 0) is 61.8 Å². The molecule has 1 amide bonds. The summed E-state index contributed by atoms with van der Waals surface area (Å²) in [7, 11) is 0. The third-order valence-electron chi connectivity index (χ3n) is 4.84. The first-order valence-electron chi connectivity index (χ1n) is 8.66. The third-order valence-corrected chi connectivity index (χ3v) is 4.84. The highest BCUT2D eigenvalue weighted by molar-refractivity contribution is 6.09. The molecule has 0 atom stereocenters. The van der Waals surface area contributed by atoms with Crippen molar-refractivity contribution in [1.29, 1.82) is 0 Å². The number of amides is 1. The van der Waals surface area contributed by atoms with Crippen LogP contribution in [0.2, 0.25) is 0 Å². The molecule has 4 heteroatoms. The molecule has 2 aliphatic heterocycles. The highest BCUT2D eigenvalue weighted by Crippen LogP contribution is 2.29. The largest absolute Gasteiger partial charge is 0.492 e. The number of rotatable bonds is 5. The summed E-state index contributed by atoms with van der Waals surface area (Å²) in [5.74, 6) is 0.940. The van der Waals surface area contributed by atoms with E-state index >= 15 is 0 Å². The number of hydrogen-bond acceptors (Lipinski definition) is 3. The fourth-order valence-corrected chi connectivity index (χ4v) is 3.48. The van der Waals surface area contributed by atoms with E-state index in [4.69, 9.17) is 4.74 Å². The molecule has 2 aliphatic rings. The Bertz CT molecular complexity index is 721. The average molecular weight is 322 g/mol. The first-order chi connectivity index (χ1) is 11.8. The first kappa shape index (κ1) is 15.2. The highest BCUT2D eigenvalue weighted by atomic mass is 16.5. The maximum absolute atomic E-state index is 12.5. The second-order valence-corrected chi connectivity index (χ2v) is 6.44. The lowest BCUT2D eigenvalue weighted by molar-refractivity contribution is 0.0996. The molecular weight excluding hydrogens is 300 g/mol. The van der Waals surface area contributed by atoms with Crippen LogP contribution < -0.4 is 9.64 Å². The lowest BCUT2D eigenvalue weighted by Crippen LogP contribution is -2.25. The number of likely N-dealkylation sites (tertiary alicyclic amines) is 1. The SMILES string of the molecule is O=C1c2ccccc2CN1c1ccc(OCCN2CCCC2)cc1. The minimum absolute atomic E-state index is 0.0771. The molecule has 1 fully saturated rings. The molecule has 4 nitrogen and oxygen atoms in total. The Kier molecular flexibility index (Phi) is 4.22. The van der Waals surface area contributed by atoms with Crippen LogP contribution in [0.3, 0.4) is 0 Å². The zero-order valence-corrected chi connectivity index (χ0v) is 13.8. The van der Waals surface area contributed by atoms with Crippen molar-refractivity contribution in [2.45, 2.75) is 19.4 Å². The van der Waals surface area contributed by atoms with Crippen LogP contribution in [0.15, 0.2) is 48.5 Å². The summed E-state index contributed by atoms with van der Waals surface area (Å²) in [6, 6.07) is 15.6. The van der Waals surface area contributed by atoms with E-state index in [1.165, 1.54) is 25.9 Å². The molecule has 1 saturated heterocycles. The van der Waals surface area contributed by atoms with Crippen molar-refractivity contribution in [3.8, 4) is 5.75 Å². The van der Waals surface area contributed by atoms with Gasteiger partial charge in [-0.3, -0.25) is 9.69 Å². The van der Waals surface area contributed by atoms with Gasteiger partial charge in [-0.15, -0.1) is 0 Å². The van der Waals surface area contributed by atoms with Crippen molar-refractivity contribution in [3.63, 3.8) is 0 Å². The van der Waals surface area contributed by atoms with Crippen LogP contribution in [0.5, 0.6) is 5.75 Å².